The van der Waals surface area contributed by atoms with Gasteiger partial charge in [0.2, 0.25) is 17.7 Å². The summed E-state index contributed by atoms with van der Waals surface area (Å²) in [5, 5.41) is 19.9. The zero-order valence-electron chi connectivity index (χ0n) is 55.9. The molecule has 0 fully saturated rings. The molecule has 3 amide bonds. The molecule has 0 saturated heterocycles. The minimum Gasteiger partial charge on any atom is -0.466 e. The first-order valence-electron chi connectivity index (χ1n) is 35.1. The maximum absolute atomic E-state index is 13.8. The monoisotopic (exact) mass is 1250 g/mol. The van der Waals surface area contributed by atoms with Crippen molar-refractivity contribution in [1.82, 2.24) is 20.9 Å². The molecule has 0 radical (unpaired) electrons. The van der Waals surface area contributed by atoms with Crippen molar-refractivity contribution in [1.29, 1.82) is 0 Å². The third-order valence-electron chi connectivity index (χ3n) is 16.0. The zero-order chi connectivity index (χ0) is 65.1. The highest BCUT2D eigenvalue weighted by Crippen LogP contribution is 2.19. The van der Waals surface area contributed by atoms with E-state index in [4.69, 9.17) is 49.6 Å². The second-order valence-electron chi connectivity index (χ2n) is 24.4. The molecule has 22 heteroatoms. The van der Waals surface area contributed by atoms with Gasteiger partial charge in [-0.2, -0.15) is 0 Å². The Morgan fingerprint density at radius 1 is 0.432 bits per heavy atom. The number of ether oxygens (including phenoxy) is 2. The number of amides is 3. The summed E-state index contributed by atoms with van der Waals surface area (Å²) in [4.78, 5) is 80.6. The Morgan fingerprint density at radius 3 is 1.33 bits per heavy atom. The lowest BCUT2D eigenvalue weighted by Crippen LogP contribution is -2.55. The molecule has 0 rings (SSSR count). The van der Waals surface area contributed by atoms with E-state index in [1.165, 1.54) is 109 Å². The summed E-state index contributed by atoms with van der Waals surface area (Å²) in [6, 6.07) is -2.98. The molecule has 0 bridgehead atoms. The highest BCUT2D eigenvalue weighted by molar-refractivity contribution is 5.93. The van der Waals surface area contributed by atoms with Crippen LogP contribution < -0.4 is 56.1 Å². The Morgan fingerprint density at radius 2 is 0.830 bits per heavy atom. The first kappa shape index (κ1) is 83.0. The van der Waals surface area contributed by atoms with Crippen molar-refractivity contribution in [2.45, 2.75) is 321 Å². The van der Waals surface area contributed by atoms with Crippen LogP contribution in [0, 0.1) is 0 Å². The molecule has 18 N–H and O–H groups in total. The van der Waals surface area contributed by atoms with E-state index in [1.807, 2.05) is 0 Å². The van der Waals surface area contributed by atoms with Crippen molar-refractivity contribution in [2.24, 2.45) is 55.1 Å². The third-order valence-corrected chi connectivity index (χ3v) is 16.0. The van der Waals surface area contributed by atoms with Gasteiger partial charge in [-0.3, -0.25) is 38.9 Å². The SMILES string of the molecule is CCCCCCCCCCCOC(=O)CCCCCN(CCCCCCCC(=O)OC(CCCCCCCC)CCCCCCCC)CC(O)CCCCNC(=O)[C@H](CCCN=C(N)N)NC(=O)[C@H](CCCN=C(N)N)NC(=O)[C@H](N)CCCN=C(N)N. The van der Waals surface area contributed by atoms with E-state index in [0.29, 0.717) is 71.1 Å². The standard InChI is InChI=1S/C66H132N14O8/c1-4-7-10-13-16-17-18-24-34-52-87-59(82)44-29-25-33-51-80(50-32-23-19-22-28-45-60(83)88-55(39-26-20-14-11-8-5-2)40-27-21-15-12-9-6-3)53-54(81)38-30-31-46-74-62(85)57(42-36-48-76-65(70)71)79-63(86)58(43-37-49-77-66(72)73)78-61(84)56(67)41-35-47-75-64(68)69/h54-58,81H,4-53,67H2,1-3H3,(H,74,85)(H,78,84)(H,79,86)(H4,68,69,75)(H4,70,71,76)(H4,72,73,77)/t54?,56-,57+,58+/m1/s1. The second-order valence-corrected chi connectivity index (χ2v) is 24.4. The lowest BCUT2D eigenvalue weighted by molar-refractivity contribution is -0.150. The summed E-state index contributed by atoms with van der Waals surface area (Å²) in [5.41, 5.74) is 39.1. The van der Waals surface area contributed by atoms with Crippen LogP contribution >= 0.6 is 0 Å². The summed E-state index contributed by atoms with van der Waals surface area (Å²) in [5.74, 6) is -2.00. The molecule has 88 heavy (non-hydrogen) atoms. The summed E-state index contributed by atoms with van der Waals surface area (Å²) in [6.07, 6.45) is 38.9. The molecule has 0 aromatic carbocycles. The van der Waals surface area contributed by atoms with Gasteiger partial charge in [0.25, 0.3) is 0 Å². The predicted molar refractivity (Wildman–Crippen MR) is 361 cm³/mol. The number of aliphatic hydroxyl groups excluding tert-OH is 1. The zero-order valence-corrected chi connectivity index (χ0v) is 55.9. The van der Waals surface area contributed by atoms with Crippen LogP contribution in [0.15, 0.2) is 15.0 Å². The number of guanidine groups is 3. The lowest BCUT2D eigenvalue weighted by Gasteiger charge is -2.25. The first-order valence-corrected chi connectivity index (χ1v) is 35.1. The number of esters is 2. The number of carbonyl (C=O) groups excluding carboxylic acids is 5. The lowest BCUT2D eigenvalue weighted by atomic mass is 10.0. The second kappa shape index (κ2) is 59.7. The Hall–Kier alpha value is -4.96. The number of hydrogen-bond acceptors (Lipinski definition) is 13. The minimum absolute atomic E-state index is 0.0322. The van der Waals surface area contributed by atoms with E-state index < -0.39 is 42.0 Å². The fraction of sp³-hybridized carbons (Fsp3) is 0.879. The molecule has 0 aromatic heterocycles. The molecule has 0 aliphatic heterocycles. The van der Waals surface area contributed by atoms with Gasteiger partial charge in [-0.05, 0) is 129 Å². The number of nitrogens with one attached hydrogen (secondary N) is 3. The average Bonchev–Trinajstić information content (AvgIpc) is 3.65. The number of unbranched alkanes of at least 4 members (excludes halogenated alkanes) is 25. The Balaban J connectivity index is 5.54. The van der Waals surface area contributed by atoms with Gasteiger partial charge in [-0.25, -0.2) is 0 Å². The third kappa shape index (κ3) is 54.0. The molecule has 0 aliphatic rings. The van der Waals surface area contributed by atoms with Crippen molar-refractivity contribution in [3.05, 3.63) is 0 Å². The fourth-order valence-corrected chi connectivity index (χ4v) is 10.7. The van der Waals surface area contributed by atoms with Crippen LogP contribution in [0.25, 0.3) is 0 Å². The highest BCUT2D eigenvalue weighted by atomic mass is 16.5. The van der Waals surface area contributed by atoms with Crippen molar-refractivity contribution < 1.29 is 38.6 Å². The number of hydrogen-bond donors (Lipinski definition) is 11. The van der Waals surface area contributed by atoms with E-state index in [2.05, 4.69) is 56.6 Å². The van der Waals surface area contributed by atoms with Crippen LogP contribution in [-0.2, 0) is 33.4 Å². The van der Waals surface area contributed by atoms with Gasteiger partial charge in [-0.15, -0.1) is 0 Å². The largest absolute Gasteiger partial charge is 0.466 e. The number of aliphatic hydroxyl groups is 1. The first-order chi connectivity index (χ1) is 42.5. The normalized spacial score (nSPS) is 12.7. The number of nitrogens with two attached hydrogens (primary N) is 7. The fourth-order valence-electron chi connectivity index (χ4n) is 10.7. The van der Waals surface area contributed by atoms with Crippen LogP contribution in [0.5, 0.6) is 0 Å². The van der Waals surface area contributed by atoms with E-state index >= 15 is 0 Å². The molecule has 0 aromatic rings. The quantitative estimate of drug-likeness (QED) is 0.0117. The van der Waals surface area contributed by atoms with Crippen LogP contribution in [0.2, 0.25) is 0 Å². The van der Waals surface area contributed by atoms with E-state index in [1.54, 1.807) is 0 Å². The van der Waals surface area contributed by atoms with Crippen molar-refractivity contribution in [2.75, 3.05) is 52.4 Å². The molecule has 0 heterocycles. The Labute approximate surface area is 533 Å². The number of nitrogens with zero attached hydrogens (tertiary/aromatic N) is 4. The summed E-state index contributed by atoms with van der Waals surface area (Å²) < 4.78 is 11.7. The van der Waals surface area contributed by atoms with Crippen LogP contribution in [-0.4, -0.2) is 140 Å². The average molecular weight is 1250 g/mol. The van der Waals surface area contributed by atoms with Gasteiger partial charge in [0.05, 0.1) is 18.8 Å². The molecule has 22 nitrogen and oxygen atoms in total. The molecular formula is C66H132N14O8. The van der Waals surface area contributed by atoms with Gasteiger partial charge in [0, 0.05) is 45.6 Å². The molecular weight excluding hydrogens is 1120 g/mol. The van der Waals surface area contributed by atoms with Crippen LogP contribution in [0.3, 0.4) is 0 Å². The topological polar surface area (TPSA) is 383 Å². The predicted octanol–water partition coefficient (Wildman–Crippen LogP) is 8.78. The molecule has 0 saturated carbocycles. The number of carbonyl (C=O) groups is 5. The summed E-state index contributed by atoms with van der Waals surface area (Å²) in [7, 11) is 0. The molecule has 0 spiro atoms. The van der Waals surface area contributed by atoms with Crippen molar-refractivity contribution in [3.63, 3.8) is 0 Å². The van der Waals surface area contributed by atoms with Crippen LogP contribution in [0.1, 0.15) is 290 Å². The van der Waals surface area contributed by atoms with Crippen LogP contribution in [0.4, 0.5) is 0 Å². The summed E-state index contributed by atoms with van der Waals surface area (Å²) in [6.45, 7) is 10.4. The highest BCUT2D eigenvalue weighted by Gasteiger charge is 2.28. The number of aliphatic imine (C=N–C) groups is 3. The maximum atomic E-state index is 13.8. The smallest absolute Gasteiger partial charge is 0.306 e. The summed E-state index contributed by atoms with van der Waals surface area (Å²) >= 11 is 0. The number of rotatable bonds is 63. The van der Waals surface area contributed by atoms with Gasteiger partial charge in [0.15, 0.2) is 17.9 Å². The molecule has 1 unspecified atom stereocenters. The van der Waals surface area contributed by atoms with Gasteiger partial charge in [-0.1, -0.05) is 162 Å². The van der Waals surface area contributed by atoms with Gasteiger partial charge < -0.3 is 75.6 Å². The van der Waals surface area contributed by atoms with Gasteiger partial charge in [0.1, 0.15) is 18.2 Å². The minimum atomic E-state index is -1.05. The van der Waals surface area contributed by atoms with Crippen molar-refractivity contribution >= 4 is 47.5 Å². The van der Waals surface area contributed by atoms with E-state index in [9.17, 15) is 29.1 Å². The molecule has 0 aliphatic carbocycles. The molecule has 514 valence electrons. The Kier molecular flexibility index (Phi) is 56.3. The van der Waals surface area contributed by atoms with Gasteiger partial charge >= 0.3 is 11.9 Å². The molecule has 4 atom stereocenters. The maximum Gasteiger partial charge on any atom is 0.306 e. The van der Waals surface area contributed by atoms with E-state index in [-0.39, 0.29) is 74.8 Å². The van der Waals surface area contributed by atoms with Crippen molar-refractivity contribution in [3.8, 4) is 0 Å². The Bertz CT molecular complexity index is 1800. The van der Waals surface area contributed by atoms with E-state index in [0.717, 1.165) is 103 Å².